The van der Waals surface area contributed by atoms with Crippen LogP contribution in [0.3, 0.4) is 0 Å². The lowest BCUT2D eigenvalue weighted by Crippen LogP contribution is -2.46. The molecule has 1 saturated heterocycles. The Morgan fingerprint density at radius 3 is 2.17 bits per heavy atom. The number of nitro groups is 1. The van der Waals surface area contributed by atoms with Crippen LogP contribution in [-0.2, 0) is 10.0 Å². The van der Waals surface area contributed by atoms with Crippen molar-refractivity contribution in [3.05, 3.63) is 52.8 Å². The first-order valence-corrected chi connectivity index (χ1v) is 11.1. The Kier molecular flexibility index (Phi) is 6.33. The Hall–Kier alpha value is -2.72. The van der Waals surface area contributed by atoms with Crippen LogP contribution in [0.1, 0.15) is 13.8 Å². The minimum atomic E-state index is -3.75. The maximum Gasteiger partial charge on any atom is 0.293 e. The molecule has 1 aliphatic rings. The van der Waals surface area contributed by atoms with E-state index < -0.39 is 14.9 Å². The SMILES string of the molecule is CCN(CC)S(=O)(=O)c1ccc(N2CCN(c3cc[nH+]cc3)CC2)c([N+](=O)[O-])c1. The molecule has 2 heterocycles. The first kappa shape index (κ1) is 21.0. The number of benzene rings is 1. The summed E-state index contributed by atoms with van der Waals surface area (Å²) >= 11 is 0. The zero-order valence-corrected chi connectivity index (χ0v) is 17.4. The molecule has 1 aromatic heterocycles. The molecule has 0 bridgehead atoms. The number of sulfonamides is 1. The van der Waals surface area contributed by atoms with E-state index in [0.717, 1.165) is 18.8 Å². The third kappa shape index (κ3) is 4.33. The number of nitrogens with one attached hydrogen (secondary N) is 1. The fraction of sp³-hybridized carbons (Fsp3) is 0.421. The maximum atomic E-state index is 12.7. The highest BCUT2D eigenvalue weighted by Gasteiger charge is 2.28. The second kappa shape index (κ2) is 8.75. The summed E-state index contributed by atoms with van der Waals surface area (Å²) in [6, 6.07) is 8.19. The van der Waals surface area contributed by atoms with E-state index in [0.29, 0.717) is 31.9 Å². The van der Waals surface area contributed by atoms with E-state index in [9.17, 15) is 18.5 Å². The summed E-state index contributed by atoms with van der Waals surface area (Å²) in [5, 5.41) is 11.7. The Labute approximate surface area is 170 Å². The fourth-order valence-electron chi connectivity index (χ4n) is 3.58. The number of anilines is 2. The van der Waals surface area contributed by atoms with Crippen LogP contribution >= 0.6 is 0 Å². The van der Waals surface area contributed by atoms with Crippen LogP contribution < -0.4 is 14.8 Å². The number of piperazine rings is 1. The van der Waals surface area contributed by atoms with Crippen molar-refractivity contribution in [1.82, 2.24) is 4.31 Å². The molecule has 3 rings (SSSR count). The van der Waals surface area contributed by atoms with Gasteiger partial charge in [0.2, 0.25) is 10.0 Å². The molecule has 0 aliphatic carbocycles. The molecule has 1 fully saturated rings. The average Bonchev–Trinajstić information content (AvgIpc) is 2.74. The summed E-state index contributed by atoms with van der Waals surface area (Å²) < 4.78 is 26.8. The summed E-state index contributed by atoms with van der Waals surface area (Å²) in [5.41, 5.74) is 1.37. The number of nitro benzene ring substituents is 1. The van der Waals surface area contributed by atoms with Crippen molar-refractivity contribution in [2.45, 2.75) is 18.7 Å². The second-order valence-corrected chi connectivity index (χ2v) is 8.67. The number of pyridine rings is 1. The minimum absolute atomic E-state index is 0.0455. The zero-order chi connectivity index (χ0) is 21.0. The third-order valence-corrected chi connectivity index (χ3v) is 7.22. The van der Waals surface area contributed by atoms with Gasteiger partial charge in [-0.15, -0.1) is 0 Å². The molecular formula is C19H26N5O4S+. The van der Waals surface area contributed by atoms with E-state index in [1.807, 2.05) is 29.4 Å². The van der Waals surface area contributed by atoms with Gasteiger partial charge < -0.3 is 9.80 Å². The smallest absolute Gasteiger partial charge is 0.293 e. The molecule has 10 heteroatoms. The largest absolute Gasteiger partial charge is 0.368 e. The van der Waals surface area contributed by atoms with Gasteiger partial charge in [0.1, 0.15) is 5.69 Å². The van der Waals surface area contributed by atoms with Gasteiger partial charge >= 0.3 is 0 Å². The van der Waals surface area contributed by atoms with Crippen LogP contribution in [-0.4, -0.2) is 56.9 Å². The van der Waals surface area contributed by atoms with Crippen molar-refractivity contribution in [2.24, 2.45) is 0 Å². The van der Waals surface area contributed by atoms with Crippen LogP contribution in [0.5, 0.6) is 0 Å². The van der Waals surface area contributed by atoms with E-state index >= 15 is 0 Å². The fourth-order valence-corrected chi connectivity index (χ4v) is 5.06. The molecule has 0 amide bonds. The quantitative estimate of drug-likeness (QED) is 0.500. The van der Waals surface area contributed by atoms with Gasteiger partial charge in [0, 0.05) is 63.2 Å². The summed E-state index contributed by atoms with van der Waals surface area (Å²) in [6.07, 6.45) is 3.73. The van der Waals surface area contributed by atoms with Crippen molar-refractivity contribution in [2.75, 3.05) is 49.1 Å². The molecule has 0 saturated carbocycles. The van der Waals surface area contributed by atoms with E-state index in [2.05, 4.69) is 9.88 Å². The first-order chi connectivity index (χ1) is 13.9. The first-order valence-electron chi connectivity index (χ1n) is 9.63. The third-order valence-electron chi connectivity index (χ3n) is 5.17. The lowest BCUT2D eigenvalue weighted by atomic mass is 10.2. The van der Waals surface area contributed by atoms with Crippen molar-refractivity contribution >= 4 is 27.1 Å². The Bertz CT molecular complexity index is 956. The molecule has 0 spiro atoms. The molecule has 2 aromatic rings. The maximum absolute atomic E-state index is 12.7. The van der Waals surface area contributed by atoms with Crippen LogP contribution in [0, 0.1) is 10.1 Å². The van der Waals surface area contributed by atoms with Crippen LogP contribution in [0.25, 0.3) is 0 Å². The highest BCUT2D eigenvalue weighted by atomic mass is 32.2. The topological polar surface area (TPSA) is 101 Å². The van der Waals surface area contributed by atoms with E-state index in [1.54, 1.807) is 19.9 Å². The number of hydrogen-bond acceptors (Lipinski definition) is 6. The number of hydrogen-bond donors (Lipinski definition) is 0. The summed E-state index contributed by atoms with van der Waals surface area (Å²) in [6.45, 7) is 6.79. The monoisotopic (exact) mass is 420 g/mol. The van der Waals surface area contributed by atoms with Gasteiger partial charge in [0.05, 0.1) is 9.82 Å². The lowest BCUT2D eigenvalue weighted by Gasteiger charge is -2.36. The van der Waals surface area contributed by atoms with Gasteiger partial charge in [-0.25, -0.2) is 13.4 Å². The number of rotatable bonds is 7. The van der Waals surface area contributed by atoms with Gasteiger partial charge in [-0.1, -0.05) is 13.8 Å². The predicted molar refractivity (Wildman–Crippen MR) is 111 cm³/mol. The Balaban J connectivity index is 1.84. The van der Waals surface area contributed by atoms with Crippen molar-refractivity contribution < 1.29 is 18.3 Å². The van der Waals surface area contributed by atoms with Gasteiger partial charge in [-0.3, -0.25) is 10.1 Å². The molecule has 9 nitrogen and oxygen atoms in total. The lowest BCUT2D eigenvalue weighted by molar-refractivity contribution is -0.384. The molecule has 0 unspecified atom stereocenters. The standard InChI is InChI=1S/C19H25N5O4S/c1-3-23(4-2)29(27,28)17-5-6-18(19(15-17)24(25)26)22-13-11-21(12-14-22)16-7-9-20-10-8-16/h5-10,15H,3-4,11-14H2,1-2H3/p+1. The van der Waals surface area contributed by atoms with Gasteiger partial charge in [0.15, 0.2) is 12.4 Å². The molecule has 1 aliphatic heterocycles. The van der Waals surface area contributed by atoms with E-state index in [1.165, 1.54) is 16.4 Å². The Morgan fingerprint density at radius 2 is 1.62 bits per heavy atom. The molecule has 1 aromatic carbocycles. The van der Waals surface area contributed by atoms with E-state index in [4.69, 9.17) is 0 Å². The number of aromatic nitrogens is 1. The predicted octanol–water partition coefficient (Wildman–Crippen LogP) is 1.77. The Morgan fingerprint density at radius 1 is 1.03 bits per heavy atom. The van der Waals surface area contributed by atoms with Crippen LogP contribution in [0.4, 0.5) is 17.1 Å². The van der Waals surface area contributed by atoms with E-state index in [-0.39, 0.29) is 10.6 Å². The normalized spacial score (nSPS) is 15.0. The number of H-pyrrole nitrogens is 1. The second-order valence-electron chi connectivity index (χ2n) is 6.73. The van der Waals surface area contributed by atoms with Gasteiger partial charge in [-0.05, 0) is 12.1 Å². The minimum Gasteiger partial charge on any atom is -0.368 e. The molecule has 0 radical (unpaired) electrons. The summed E-state index contributed by atoms with van der Waals surface area (Å²) in [7, 11) is -3.75. The molecular weight excluding hydrogens is 394 g/mol. The number of aromatic amines is 1. The summed E-state index contributed by atoms with van der Waals surface area (Å²) in [4.78, 5) is 18.3. The van der Waals surface area contributed by atoms with Gasteiger partial charge in [-0.2, -0.15) is 4.31 Å². The number of nitrogens with zero attached hydrogens (tertiary/aromatic N) is 4. The molecule has 156 valence electrons. The average molecular weight is 421 g/mol. The summed E-state index contributed by atoms with van der Waals surface area (Å²) in [5.74, 6) is 0. The zero-order valence-electron chi connectivity index (χ0n) is 16.6. The van der Waals surface area contributed by atoms with Gasteiger partial charge in [0.25, 0.3) is 5.69 Å². The molecule has 1 N–H and O–H groups in total. The van der Waals surface area contributed by atoms with Crippen molar-refractivity contribution in [3.63, 3.8) is 0 Å². The van der Waals surface area contributed by atoms with Crippen molar-refractivity contribution in [3.8, 4) is 0 Å². The van der Waals surface area contributed by atoms with Crippen LogP contribution in [0.2, 0.25) is 0 Å². The molecule has 29 heavy (non-hydrogen) atoms. The highest BCUT2D eigenvalue weighted by molar-refractivity contribution is 7.89. The molecule has 0 atom stereocenters. The highest BCUT2D eigenvalue weighted by Crippen LogP contribution is 2.32. The van der Waals surface area contributed by atoms with Crippen LogP contribution in [0.15, 0.2) is 47.6 Å². The van der Waals surface area contributed by atoms with Crippen molar-refractivity contribution in [1.29, 1.82) is 0 Å².